The molecule has 0 aromatic carbocycles. The molecule has 0 saturated carbocycles. The lowest BCUT2D eigenvalue weighted by Gasteiger charge is -2.25. The number of nitrogens with zero attached hydrogens (tertiary/aromatic N) is 4. The molecule has 7 heteroatoms. The highest BCUT2D eigenvalue weighted by molar-refractivity contribution is 5.94. The van der Waals surface area contributed by atoms with Gasteiger partial charge in [0.15, 0.2) is 0 Å². The summed E-state index contributed by atoms with van der Waals surface area (Å²) in [5.74, 6) is -0.0308. The first-order chi connectivity index (χ1) is 10.3. The molecule has 1 aromatic rings. The molecule has 1 unspecified atom stereocenters. The van der Waals surface area contributed by atoms with Crippen molar-refractivity contribution in [3.05, 3.63) is 11.4 Å². The van der Waals surface area contributed by atoms with Crippen LogP contribution >= 0.6 is 0 Å². The molecule has 1 aliphatic heterocycles. The van der Waals surface area contributed by atoms with Crippen LogP contribution in [0.4, 0.5) is 5.69 Å². The zero-order valence-electron chi connectivity index (χ0n) is 14.0. The summed E-state index contributed by atoms with van der Waals surface area (Å²) in [6, 6.07) is -0.183. The molecule has 1 aliphatic rings. The molecule has 1 atom stereocenters. The van der Waals surface area contributed by atoms with Crippen LogP contribution in [0, 0.1) is 13.8 Å². The van der Waals surface area contributed by atoms with Gasteiger partial charge in [-0.05, 0) is 33.2 Å². The van der Waals surface area contributed by atoms with Crippen molar-refractivity contribution in [2.24, 2.45) is 7.05 Å². The first-order valence-electron chi connectivity index (χ1n) is 7.56. The third kappa shape index (κ3) is 3.30. The minimum absolute atomic E-state index is 0.0686. The second-order valence-electron chi connectivity index (χ2n) is 6.08. The molecule has 0 aliphatic carbocycles. The maximum absolute atomic E-state index is 12.3. The largest absolute Gasteiger partial charge is 0.347 e. The van der Waals surface area contributed by atoms with Crippen LogP contribution in [0.5, 0.6) is 0 Å². The number of hydrogen-bond acceptors (Lipinski definition) is 4. The Balaban J connectivity index is 2.01. The quantitative estimate of drug-likeness (QED) is 0.881. The summed E-state index contributed by atoms with van der Waals surface area (Å²) in [6.45, 7) is 4.81. The fourth-order valence-electron chi connectivity index (χ4n) is 2.91. The van der Waals surface area contributed by atoms with E-state index in [1.807, 2.05) is 25.8 Å². The van der Waals surface area contributed by atoms with Gasteiger partial charge in [0.2, 0.25) is 11.8 Å². The summed E-state index contributed by atoms with van der Waals surface area (Å²) in [7, 11) is 5.35. The van der Waals surface area contributed by atoms with Gasteiger partial charge >= 0.3 is 0 Å². The molecule has 2 amide bonds. The van der Waals surface area contributed by atoms with Crippen LogP contribution in [0.3, 0.4) is 0 Å². The highest BCUT2D eigenvalue weighted by Crippen LogP contribution is 2.20. The van der Waals surface area contributed by atoms with Crippen LogP contribution in [0.15, 0.2) is 0 Å². The molecule has 1 N–H and O–H groups in total. The van der Waals surface area contributed by atoms with Crippen molar-refractivity contribution in [3.63, 3.8) is 0 Å². The lowest BCUT2D eigenvalue weighted by atomic mass is 10.2. The summed E-state index contributed by atoms with van der Waals surface area (Å²) >= 11 is 0. The maximum atomic E-state index is 12.3. The predicted molar refractivity (Wildman–Crippen MR) is 84.6 cm³/mol. The maximum Gasteiger partial charge on any atom is 0.239 e. The highest BCUT2D eigenvalue weighted by Gasteiger charge is 2.32. The van der Waals surface area contributed by atoms with E-state index in [4.69, 9.17) is 0 Å². The Labute approximate surface area is 131 Å². The van der Waals surface area contributed by atoms with Gasteiger partial charge < -0.3 is 10.2 Å². The fourth-order valence-corrected chi connectivity index (χ4v) is 2.91. The van der Waals surface area contributed by atoms with Crippen molar-refractivity contribution in [2.75, 3.05) is 32.5 Å². The zero-order valence-corrected chi connectivity index (χ0v) is 14.0. The van der Waals surface area contributed by atoms with E-state index >= 15 is 0 Å². The number of aromatic nitrogens is 2. The molecule has 2 rings (SSSR count). The fraction of sp³-hybridized carbons (Fsp3) is 0.667. The van der Waals surface area contributed by atoms with Gasteiger partial charge in [0.05, 0.1) is 29.7 Å². The highest BCUT2D eigenvalue weighted by atomic mass is 16.2. The van der Waals surface area contributed by atoms with Crippen LogP contribution in [-0.2, 0) is 16.6 Å². The van der Waals surface area contributed by atoms with E-state index in [-0.39, 0.29) is 24.4 Å². The Hall–Kier alpha value is -1.89. The normalized spacial score (nSPS) is 18.5. The third-order valence-corrected chi connectivity index (χ3v) is 4.21. The van der Waals surface area contributed by atoms with Crippen molar-refractivity contribution < 1.29 is 9.59 Å². The van der Waals surface area contributed by atoms with E-state index in [2.05, 4.69) is 10.4 Å². The minimum atomic E-state index is -0.183. The van der Waals surface area contributed by atoms with Crippen LogP contribution in [0.1, 0.15) is 24.2 Å². The van der Waals surface area contributed by atoms with Gasteiger partial charge in [0.1, 0.15) is 0 Å². The van der Waals surface area contributed by atoms with Crippen molar-refractivity contribution in [3.8, 4) is 0 Å². The third-order valence-electron chi connectivity index (χ3n) is 4.21. The molecule has 0 radical (unpaired) electrons. The molecule has 122 valence electrons. The Morgan fingerprint density at radius 1 is 1.36 bits per heavy atom. The molecular formula is C15H25N5O2. The average molecular weight is 307 g/mol. The van der Waals surface area contributed by atoms with E-state index in [0.29, 0.717) is 0 Å². The minimum Gasteiger partial charge on any atom is -0.347 e. The van der Waals surface area contributed by atoms with Gasteiger partial charge in [0.25, 0.3) is 0 Å². The van der Waals surface area contributed by atoms with E-state index in [9.17, 15) is 9.59 Å². The number of carbonyl (C=O) groups is 2. The number of likely N-dealkylation sites (tertiary alicyclic amines) is 1. The van der Waals surface area contributed by atoms with Crippen molar-refractivity contribution in [1.82, 2.24) is 19.6 Å². The number of likely N-dealkylation sites (N-methyl/N-ethyl adjacent to an activating group) is 1. The van der Waals surface area contributed by atoms with E-state index in [1.54, 1.807) is 23.7 Å². The van der Waals surface area contributed by atoms with Gasteiger partial charge in [0, 0.05) is 21.1 Å². The average Bonchev–Trinajstić information content (AvgIpc) is 2.98. The predicted octanol–water partition coefficient (Wildman–Crippen LogP) is 0.528. The number of amides is 2. The summed E-state index contributed by atoms with van der Waals surface area (Å²) in [5.41, 5.74) is 2.49. The number of rotatable bonds is 4. The number of carbonyl (C=O) groups excluding carboxylic acids is 2. The molecule has 1 aromatic heterocycles. The smallest absolute Gasteiger partial charge is 0.239 e. The monoisotopic (exact) mass is 307 g/mol. The van der Waals surface area contributed by atoms with Crippen molar-refractivity contribution in [1.29, 1.82) is 0 Å². The summed E-state index contributed by atoms with van der Waals surface area (Å²) in [4.78, 5) is 28.0. The second-order valence-corrected chi connectivity index (χ2v) is 6.08. The molecular weight excluding hydrogens is 282 g/mol. The topological polar surface area (TPSA) is 70.5 Å². The van der Waals surface area contributed by atoms with Gasteiger partial charge in [-0.15, -0.1) is 0 Å². The van der Waals surface area contributed by atoms with E-state index < -0.39 is 0 Å². The SMILES string of the molecule is Cc1nn(C)c(C)c1NC(=O)CN1CCCC1C(=O)N(C)C. The molecule has 0 bridgehead atoms. The lowest BCUT2D eigenvalue weighted by Crippen LogP contribution is -2.45. The van der Waals surface area contributed by atoms with Gasteiger partial charge in [-0.3, -0.25) is 19.2 Å². The van der Waals surface area contributed by atoms with Gasteiger partial charge in [-0.1, -0.05) is 0 Å². The molecule has 1 saturated heterocycles. The Morgan fingerprint density at radius 2 is 2.05 bits per heavy atom. The Bertz CT molecular complexity index is 579. The number of aryl methyl sites for hydroxylation is 2. The van der Waals surface area contributed by atoms with Gasteiger partial charge in [-0.25, -0.2) is 0 Å². The second kappa shape index (κ2) is 6.48. The first kappa shape index (κ1) is 16.5. The van der Waals surface area contributed by atoms with Crippen molar-refractivity contribution in [2.45, 2.75) is 32.7 Å². The number of anilines is 1. The summed E-state index contributed by atoms with van der Waals surface area (Å²) in [5, 5.41) is 7.22. The van der Waals surface area contributed by atoms with Crippen LogP contribution in [-0.4, -0.2) is 64.6 Å². The first-order valence-corrected chi connectivity index (χ1v) is 7.56. The van der Waals surface area contributed by atoms with E-state index in [0.717, 1.165) is 36.5 Å². The lowest BCUT2D eigenvalue weighted by molar-refractivity contribution is -0.133. The zero-order chi connectivity index (χ0) is 16.4. The van der Waals surface area contributed by atoms with Crippen LogP contribution in [0.2, 0.25) is 0 Å². The molecule has 22 heavy (non-hydrogen) atoms. The standard InChI is InChI=1S/C15H25N5O2/c1-10-14(11(2)19(5)17-10)16-13(21)9-20-8-6-7-12(20)15(22)18(3)4/h12H,6-9H2,1-5H3,(H,16,21). The number of nitrogens with one attached hydrogen (secondary N) is 1. The molecule has 7 nitrogen and oxygen atoms in total. The van der Waals surface area contributed by atoms with Crippen LogP contribution in [0.25, 0.3) is 0 Å². The van der Waals surface area contributed by atoms with Crippen molar-refractivity contribution >= 4 is 17.5 Å². The Kier molecular flexibility index (Phi) is 4.85. The number of hydrogen-bond donors (Lipinski definition) is 1. The van der Waals surface area contributed by atoms with Gasteiger partial charge in [-0.2, -0.15) is 5.10 Å². The molecule has 0 spiro atoms. The summed E-state index contributed by atoms with van der Waals surface area (Å²) in [6.07, 6.45) is 1.76. The van der Waals surface area contributed by atoms with Crippen LogP contribution < -0.4 is 5.32 Å². The van der Waals surface area contributed by atoms with E-state index in [1.165, 1.54) is 0 Å². The Morgan fingerprint density at radius 3 is 2.59 bits per heavy atom. The summed E-state index contributed by atoms with van der Waals surface area (Å²) < 4.78 is 1.75. The molecule has 1 fully saturated rings. The molecule has 2 heterocycles.